The number of hydrogen-bond donors (Lipinski definition) is 1. The number of nitrogens with zero attached hydrogens (tertiary/aromatic N) is 5. The smallest absolute Gasteiger partial charge is 0.266 e. The van der Waals surface area contributed by atoms with E-state index in [2.05, 4.69) is 15.1 Å². The summed E-state index contributed by atoms with van der Waals surface area (Å²) in [6, 6.07) is 12.8. The zero-order valence-corrected chi connectivity index (χ0v) is 13.8. The highest BCUT2D eigenvalue weighted by Gasteiger charge is 2.17. The van der Waals surface area contributed by atoms with E-state index in [4.69, 9.17) is 5.73 Å². The van der Waals surface area contributed by atoms with E-state index in [1.807, 2.05) is 44.4 Å². The first-order valence-electron chi connectivity index (χ1n) is 7.42. The lowest BCUT2D eigenvalue weighted by atomic mass is 10.1. The maximum atomic E-state index is 11.6. The number of hydrogen-bond acceptors (Lipinski definition) is 6. The summed E-state index contributed by atoms with van der Waals surface area (Å²) in [6.45, 7) is 0. The molecule has 7 nitrogen and oxygen atoms in total. The van der Waals surface area contributed by atoms with Crippen LogP contribution in [0.4, 0.5) is 11.6 Å². The summed E-state index contributed by atoms with van der Waals surface area (Å²) < 4.78 is 1.28. The average molecular weight is 322 g/mol. The third-order valence-electron chi connectivity index (χ3n) is 3.58. The Hall–Kier alpha value is -3.22. The summed E-state index contributed by atoms with van der Waals surface area (Å²) in [5, 5.41) is 4.30. The van der Waals surface area contributed by atoms with Crippen molar-refractivity contribution in [3.05, 3.63) is 52.8 Å². The topological polar surface area (TPSA) is 89.9 Å². The van der Waals surface area contributed by atoms with E-state index in [1.54, 1.807) is 18.0 Å². The molecule has 1 aromatic carbocycles. The van der Waals surface area contributed by atoms with Crippen molar-refractivity contribution in [1.29, 1.82) is 0 Å². The van der Waals surface area contributed by atoms with E-state index < -0.39 is 0 Å². The van der Waals surface area contributed by atoms with Gasteiger partial charge in [0.1, 0.15) is 17.1 Å². The van der Waals surface area contributed by atoms with Gasteiger partial charge in [-0.3, -0.25) is 4.79 Å². The van der Waals surface area contributed by atoms with Gasteiger partial charge in [-0.25, -0.2) is 14.6 Å². The monoisotopic (exact) mass is 322 g/mol. The molecule has 0 saturated heterocycles. The minimum Gasteiger partial charge on any atom is -0.381 e. The molecule has 0 fully saturated rings. The summed E-state index contributed by atoms with van der Waals surface area (Å²) in [7, 11) is 5.30. The van der Waals surface area contributed by atoms with Crippen LogP contribution in [0.1, 0.15) is 0 Å². The van der Waals surface area contributed by atoms with Gasteiger partial charge < -0.3 is 10.6 Å². The van der Waals surface area contributed by atoms with Crippen LogP contribution in [0.3, 0.4) is 0 Å². The van der Waals surface area contributed by atoms with Crippen molar-refractivity contribution >= 4 is 11.6 Å². The van der Waals surface area contributed by atoms with Crippen LogP contribution in [0.5, 0.6) is 0 Å². The van der Waals surface area contributed by atoms with Gasteiger partial charge in [-0.05, 0) is 6.07 Å². The Balaban J connectivity index is 2.30. The molecular weight excluding hydrogens is 304 g/mol. The van der Waals surface area contributed by atoms with Gasteiger partial charge in [0.05, 0.1) is 0 Å². The summed E-state index contributed by atoms with van der Waals surface area (Å²) in [5.41, 5.74) is 8.54. The number of rotatable bonds is 3. The lowest BCUT2D eigenvalue weighted by Crippen LogP contribution is -2.19. The highest BCUT2D eigenvalue weighted by Crippen LogP contribution is 2.31. The van der Waals surface area contributed by atoms with Gasteiger partial charge in [-0.1, -0.05) is 30.3 Å². The van der Waals surface area contributed by atoms with Crippen molar-refractivity contribution in [2.24, 2.45) is 7.05 Å². The molecule has 0 aliphatic rings. The first kappa shape index (κ1) is 15.7. The van der Waals surface area contributed by atoms with Gasteiger partial charge in [-0.2, -0.15) is 5.10 Å². The second kappa shape index (κ2) is 6.11. The fourth-order valence-corrected chi connectivity index (χ4v) is 2.37. The van der Waals surface area contributed by atoms with Crippen LogP contribution >= 0.6 is 0 Å². The molecule has 0 unspecified atom stereocenters. The number of benzene rings is 1. The molecule has 3 rings (SSSR count). The standard InChI is InChI=1S/C17H18N6O/c1-22(2)17-16(18)19-14(11-7-5-4-6-8-11)15(20-17)12-9-10-13(24)23(3)21-12/h4-10H,1-3H3,(H2,18,19). The Morgan fingerprint density at radius 2 is 1.71 bits per heavy atom. The molecular formula is C17H18N6O. The fraction of sp³-hybridized carbons (Fsp3) is 0.176. The average Bonchev–Trinajstić information content (AvgIpc) is 2.57. The maximum Gasteiger partial charge on any atom is 0.266 e. The maximum absolute atomic E-state index is 11.6. The Morgan fingerprint density at radius 1 is 1.00 bits per heavy atom. The third kappa shape index (κ3) is 2.83. The quantitative estimate of drug-likeness (QED) is 0.787. The lowest BCUT2D eigenvalue weighted by molar-refractivity contribution is 0.711. The molecule has 0 bridgehead atoms. The Kier molecular flexibility index (Phi) is 3.99. The van der Waals surface area contributed by atoms with Crippen molar-refractivity contribution in [1.82, 2.24) is 19.7 Å². The number of nitrogens with two attached hydrogens (primary N) is 1. The minimum absolute atomic E-state index is 0.184. The molecule has 0 aliphatic heterocycles. The van der Waals surface area contributed by atoms with E-state index in [1.165, 1.54) is 10.7 Å². The van der Waals surface area contributed by atoms with Crippen LogP contribution in [0.15, 0.2) is 47.3 Å². The molecule has 2 heterocycles. The molecule has 3 aromatic rings. The van der Waals surface area contributed by atoms with Gasteiger partial charge in [0, 0.05) is 32.8 Å². The van der Waals surface area contributed by atoms with Crippen LogP contribution in [-0.2, 0) is 7.05 Å². The second-order valence-corrected chi connectivity index (χ2v) is 5.57. The normalized spacial score (nSPS) is 10.6. The second-order valence-electron chi connectivity index (χ2n) is 5.57. The van der Waals surface area contributed by atoms with Crippen molar-refractivity contribution in [3.8, 4) is 22.6 Å². The predicted molar refractivity (Wildman–Crippen MR) is 94.7 cm³/mol. The van der Waals surface area contributed by atoms with E-state index >= 15 is 0 Å². The van der Waals surface area contributed by atoms with E-state index in [9.17, 15) is 4.79 Å². The predicted octanol–water partition coefficient (Wildman–Crippen LogP) is 1.55. The zero-order valence-electron chi connectivity index (χ0n) is 13.8. The summed E-state index contributed by atoms with van der Waals surface area (Å²) in [5.74, 6) is 0.896. The number of aryl methyl sites for hydroxylation is 1. The van der Waals surface area contributed by atoms with Gasteiger partial charge >= 0.3 is 0 Å². The molecule has 0 spiro atoms. The zero-order chi connectivity index (χ0) is 17.3. The van der Waals surface area contributed by atoms with Crippen LogP contribution in [0, 0.1) is 0 Å². The van der Waals surface area contributed by atoms with E-state index in [0.29, 0.717) is 28.7 Å². The van der Waals surface area contributed by atoms with Gasteiger partial charge in [0.15, 0.2) is 11.6 Å². The number of aromatic nitrogens is 4. The molecule has 2 N–H and O–H groups in total. The van der Waals surface area contributed by atoms with Gasteiger partial charge in [-0.15, -0.1) is 0 Å². The Morgan fingerprint density at radius 3 is 2.33 bits per heavy atom. The molecule has 0 aliphatic carbocycles. The number of anilines is 2. The first-order chi connectivity index (χ1) is 11.5. The highest BCUT2D eigenvalue weighted by atomic mass is 16.1. The summed E-state index contributed by atoms with van der Waals surface area (Å²) in [4.78, 5) is 22.6. The SMILES string of the molecule is CN(C)c1nc(-c2ccc(=O)n(C)n2)c(-c2ccccc2)nc1N. The van der Waals surface area contributed by atoms with Crippen LogP contribution in [0.2, 0.25) is 0 Å². The Labute approximate surface area is 139 Å². The molecule has 7 heteroatoms. The Bertz CT molecular complexity index is 934. The number of nitrogen functional groups attached to an aromatic ring is 1. The largest absolute Gasteiger partial charge is 0.381 e. The van der Waals surface area contributed by atoms with Crippen molar-refractivity contribution in [2.75, 3.05) is 24.7 Å². The van der Waals surface area contributed by atoms with Crippen molar-refractivity contribution in [2.45, 2.75) is 0 Å². The van der Waals surface area contributed by atoms with Gasteiger partial charge in [0.25, 0.3) is 5.56 Å². The van der Waals surface area contributed by atoms with Gasteiger partial charge in [0.2, 0.25) is 0 Å². The summed E-state index contributed by atoms with van der Waals surface area (Å²) in [6.07, 6.45) is 0. The molecule has 0 saturated carbocycles. The molecule has 0 radical (unpaired) electrons. The van der Waals surface area contributed by atoms with Crippen molar-refractivity contribution < 1.29 is 0 Å². The van der Waals surface area contributed by atoms with E-state index in [0.717, 1.165) is 5.56 Å². The molecule has 0 amide bonds. The molecule has 24 heavy (non-hydrogen) atoms. The van der Waals surface area contributed by atoms with Crippen molar-refractivity contribution in [3.63, 3.8) is 0 Å². The van der Waals surface area contributed by atoms with Crippen LogP contribution in [-0.4, -0.2) is 33.8 Å². The molecule has 0 atom stereocenters. The lowest BCUT2D eigenvalue weighted by Gasteiger charge is -2.17. The van der Waals surface area contributed by atoms with Crippen LogP contribution in [0.25, 0.3) is 22.6 Å². The van der Waals surface area contributed by atoms with Crippen LogP contribution < -0.4 is 16.2 Å². The minimum atomic E-state index is -0.184. The fourth-order valence-electron chi connectivity index (χ4n) is 2.37. The highest BCUT2D eigenvalue weighted by molar-refractivity contribution is 5.79. The third-order valence-corrected chi connectivity index (χ3v) is 3.58. The molecule has 2 aromatic heterocycles. The summed E-state index contributed by atoms with van der Waals surface area (Å²) >= 11 is 0. The van der Waals surface area contributed by atoms with E-state index in [-0.39, 0.29) is 5.56 Å². The molecule has 122 valence electrons. The first-order valence-corrected chi connectivity index (χ1v) is 7.42.